The molecule has 3 rings (SSSR count). The second kappa shape index (κ2) is 7.27. The molecule has 0 saturated carbocycles. The average molecular weight is 344 g/mol. The van der Waals surface area contributed by atoms with E-state index in [-0.39, 0.29) is 5.92 Å². The predicted octanol–water partition coefficient (Wildman–Crippen LogP) is 3.11. The van der Waals surface area contributed by atoms with Gasteiger partial charge in [-0.25, -0.2) is 0 Å². The maximum Gasteiger partial charge on any atom is 0.308 e. The van der Waals surface area contributed by atoms with Crippen molar-refractivity contribution in [2.75, 3.05) is 20.2 Å². The first-order valence-electron chi connectivity index (χ1n) is 8.52. The Balaban J connectivity index is 1.74. The number of hydrogen-bond acceptors (Lipinski definition) is 5. The van der Waals surface area contributed by atoms with Crippen LogP contribution in [-0.2, 0) is 11.3 Å². The first-order chi connectivity index (χ1) is 12.0. The molecule has 134 valence electrons. The highest BCUT2D eigenvalue weighted by Crippen LogP contribution is 2.34. The van der Waals surface area contributed by atoms with E-state index in [0.29, 0.717) is 25.6 Å². The molecule has 1 aliphatic heterocycles. The Hall–Kier alpha value is -2.34. The minimum Gasteiger partial charge on any atom is -0.497 e. The monoisotopic (exact) mass is 344 g/mol. The summed E-state index contributed by atoms with van der Waals surface area (Å²) in [5.41, 5.74) is 1.88. The number of benzene rings is 1. The van der Waals surface area contributed by atoms with Crippen molar-refractivity contribution in [3.05, 3.63) is 47.3 Å². The van der Waals surface area contributed by atoms with Gasteiger partial charge in [0.2, 0.25) is 0 Å². The zero-order valence-electron chi connectivity index (χ0n) is 14.8. The fraction of sp³-hybridized carbons (Fsp3) is 0.474. The Morgan fingerprint density at radius 3 is 2.64 bits per heavy atom. The molecule has 1 fully saturated rings. The SMILES string of the molecule is COc1ccc([C@@H]2CN(Cc3cc(C(C)C)on3)C[C@H]2C(=O)O)cc1. The van der Waals surface area contributed by atoms with Gasteiger partial charge in [0.25, 0.3) is 0 Å². The topological polar surface area (TPSA) is 75.8 Å². The van der Waals surface area contributed by atoms with Gasteiger partial charge in [0.15, 0.2) is 0 Å². The molecule has 6 heteroatoms. The molecule has 2 heterocycles. The first kappa shape index (κ1) is 17.5. The molecule has 0 spiro atoms. The lowest BCUT2D eigenvalue weighted by Crippen LogP contribution is -2.23. The third-order valence-corrected chi connectivity index (χ3v) is 4.79. The van der Waals surface area contributed by atoms with Crippen molar-refractivity contribution >= 4 is 5.97 Å². The van der Waals surface area contributed by atoms with E-state index in [4.69, 9.17) is 9.26 Å². The summed E-state index contributed by atoms with van der Waals surface area (Å²) < 4.78 is 10.5. The van der Waals surface area contributed by atoms with Crippen LogP contribution < -0.4 is 4.74 Å². The van der Waals surface area contributed by atoms with Gasteiger partial charge < -0.3 is 14.4 Å². The third-order valence-electron chi connectivity index (χ3n) is 4.79. The summed E-state index contributed by atoms with van der Waals surface area (Å²) in [7, 11) is 1.62. The first-order valence-corrected chi connectivity index (χ1v) is 8.52. The smallest absolute Gasteiger partial charge is 0.308 e. The van der Waals surface area contributed by atoms with Gasteiger partial charge in [-0.2, -0.15) is 0 Å². The summed E-state index contributed by atoms with van der Waals surface area (Å²) >= 11 is 0. The van der Waals surface area contributed by atoms with Crippen molar-refractivity contribution in [2.45, 2.75) is 32.2 Å². The minimum absolute atomic E-state index is 0.0418. The Labute approximate surface area is 147 Å². The molecule has 25 heavy (non-hydrogen) atoms. The lowest BCUT2D eigenvalue weighted by molar-refractivity contribution is -0.141. The normalized spacial score (nSPS) is 21.0. The number of nitrogens with zero attached hydrogens (tertiary/aromatic N) is 2. The molecule has 0 radical (unpaired) electrons. The number of hydrogen-bond donors (Lipinski definition) is 1. The van der Waals surface area contributed by atoms with Crippen LogP contribution in [0.3, 0.4) is 0 Å². The van der Waals surface area contributed by atoms with Crippen LogP contribution in [0.5, 0.6) is 5.75 Å². The summed E-state index contributed by atoms with van der Waals surface area (Å²) in [4.78, 5) is 13.8. The highest BCUT2D eigenvalue weighted by molar-refractivity contribution is 5.72. The summed E-state index contributed by atoms with van der Waals surface area (Å²) in [6.45, 7) is 5.91. The van der Waals surface area contributed by atoms with Gasteiger partial charge in [-0.05, 0) is 17.7 Å². The highest BCUT2D eigenvalue weighted by atomic mass is 16.5. The van der Waals surface area contributed by atoms with Crippen LogP contribution in [-0.4, -0.2) is 41.3 Å². The third kappa shape index (κ3) is 3.85. The molecule has 1 aliphatic rings. The van der Waals surface area contributed by atoms with E-state index >= 15 is 0 Å². The van der Waals surface area contributed by atoms with Crippen LogP contribution in [0.15, 0.2) is 34.9 Å². The van der Waals surface area contributed by atoms with E-state index < -0.39 is 11.9 Å². The number of carboxylic acid groups (broad SMARTS) is 1. The van der Waals surface area contributed by atoms with Crippen LogP contribution in [0.4, 0.5) is 0 Å². The summed E-state index contributed by atoms with van der Waals surface area (Å²) in [5.74, 6) is 0.694. The molecule has 1 saturated heterocycles. The number of ether oxygens (including phenoxy) is 1. The molecule has 1 aromatic carbocycles. The molecular formula is C19H24N2O4. The second-order valence-electron chi connectivity index (χ2n) is 6.89. The maximum atomic E-state index is 11.7. The largest absolute Gasteiger partial charge is 0.497 e. The highest BCUT2D eigenvalue weighted by Gasteiger charge is 2.38. The summed E-state index contributed by atoms with van der Waals surface area (Å²) in [6, 6.07) is 9.62. The lowest BCUT2D eigenvalue weighted by Gasteiger charge is -2.15. The van der Waals surface area contributed by atoms with E-state index in [2.05, 4.69) is 23.9 Å². The quantitative estimate of drug-likeness (QED) is 0.868. The number of likely N-dealkylation sites (tertiary alicyclic amines) is 1. The van der Waals surface area contributed by atoms with Gasteiger partial charge in [-0.15, -0.1) is 0 Å². The standard InChI is InChI=1S/C19H24N2O4/c1-12(2)18-8-14(20-25-18)9-21-10-16(17(11-21)19(22)23)13-4-6-15(24-3)7-5-13/h4-8,12,16-17H,9-11H2,1-3H3,(H,22,23)/t16-,17+/m0/s1. The molecular weight excluding hydrogens is 320 g/mol. The molecule has 1 aromatic heterocycles. The Bertz CT molecular complexity index is 723. The lowest BCUT2D eigenvalue weighted by atomic mass is 9.89. The van der Waals surface area contributed by atoms with Gasteiger partial charge in [-0.1, -0.05) is 31.1 Å². The molecule has 0 unspecified atom stereocenters. The van der Waals surface area contributed by atoms with Gasteiger partial charge in [0.05, 0.1) is 18.7 Å². The number of carbonyl (C=O) groups is 1. The van der Waals surface area contributed by atoms with Crippen molar-refractivity contribution in [2.24, 2.45) is 5.92 Å². The summed E-state index contributed by atoms with van der Waals surface area (Å²) in [5, 5.41) is 13.7. The molecule has 6 nitrogen and oxygen atoms in total. The Kier molecular flexibility index (Phi) is 5.08. The number of rotatable bonds is 6. The Morgan fingerprint density at radius 1 is 1.36 bits per heavy atom. The van der Waals surface area contributed by atoms with Crippen LogP contribution >= 0.6 is 0 Å². The molecule has 0 bridgehead atoms. The van der Waals surface area contributed by atoms with Crippen molar-refractivity contribution in [3.8, 4) is 5.75 Å². The minimum atomic E-state index is -0.758. The van der Waals surface area contributed by atoms with Gasteiger partial charge in [0.1, 0.15) is 11.5 Å². The zero-order chi connectivity index (χ0) is 18.0. The number of carboxylic acids is 1. The van der Waals surface area contributed by atoms with Gasteiger partial charge in [-0.3, -0.25) is 9.69 Å². The van der Waals surface area contributed by atoms with E-state index in [1.165, 1.54) is 0 Å². The predicted molar refractivity (Wildman–Crippen MR) is 92.7 cm³/mol. The number of methoxy groups -OCH3 is 1. The van der Waals surface area contributed by atoms with E-state index in [1.807, 2.05) is 30.3 Å². The second-order valence-corrected chi connectivity index (χ2v) is 6.89. The molecule has 2 atom stereocenters. The van der Waals surface area contributed by atoms with Crippen molar-refractivity contribution in [1.82, 2.24) is 10.1 Å². The molecule has 0 amide bonds. The fourth-order valence-electron chi connectivity index (χ4n) is 3.36. The van der Waals surface area contributed by atoms with Crippen molar-refractivity contribution < 1.29 is 19.2 Å². The van der Waals surface area contributed by atoms with E-state index in [1.54, 1.807) is 7.11 Å². The maximum absolute atomic E-state index is 11.7. The van der Waals surface area contributed by atoms with Gasteiger partial charge >= 0.3 is 5.97 Å². The van der Waals surface area contributed by atoms with Crippen molar-refractivity contribution in [1.29, 1.82) is 0 Å². The van der Waals surface area contributed by atoms with Crippen LogP contribution in [0.1, 0.15) is 42.7 Å². The number of aromatic nitrogens is 1. The van der Waals surface area contributed by atoms with Crippen LogP contribution in [0.25, 0.3) is 0 Å². The fourth-order valence-corrected chi connectivity index (χ4v) is 3.36. The zero-order valence-corrected chi connectivity index (χ0v) is 14.8. The molecule has 2 aromatic rings. The van der Waals surface area contributed by atoms with Gasteiger partial charge in [0, 0.05) is 37.5 Å². The summed E-state index contributed by atoms with van der Waals surface area (Å²) in [6.07, 6.45) is 0. The molecule has 1 N–H and O–H groups in total. The van der Waals surface area contributed by atoms with E-state index in [0.717, 1.165) is 22.8 Å². The van der Waals surface area contributed by atoms with Crippen molar-refractivity contribution in [3.63, 3.8) is 0 Å². The Morgan fingerprint density at radius 2 is 2.08 bits per heavy atom. The number of aliphatic carboxylic acids is 1. The van der Waals surface area contributed by atoms with E-state index in [9.17, 15) is 9.90 Å². The van der Waals surface area contributed by atoms with Crippen LogP contribution in [0.2, 0.25) is 0 Å². The molecule has 0 aliphatic carbocycles. The average Bonchev–Trinajstić information content (AvgIpc) is 3.22. The van der Waals surface area contributed by atoms with Crippen LogP contribution in [0, 0.1) is 5.92 Å².